The fraction of sp³-hybridized carbons (Fsp3) is 0.125. The smallest absolute Gasteiger partial charge is 0.226 e. The van der Waals surface area contributed by atoms with Crippen LogP contribution in [0.1, 0.15) is 23.5 Å². The van der Waals surface area contributed by atoms with E-state index in [1.165, 1.54) is 0 Å². The quantitative estimate of drug-likeness (QED) is 0.848. The molecule has 1 aromatic heterocycles. The number of carbonyl (C=O) groups is 1. The van der Waals surface area contributed by atoms with Crippen LogP contribution >= 0.6 is 11.6 Å². The van der Waals surface area contributed by atoms with Gasteiger partial charge in [-0.05, 0) is 17.7 Å². The average Bonchev–Trinajstić information content (AvgIpc) is 2.93. The third-order valence-corrected chi connectivity index (χ3v) is 3.60. The van der Waals surface area contributed by atoms with Gasteiger partial charge in [-0.15, -0.1) is 0 Å². The van der Waals surface area contributed by atoms with Crippen LogP contribution in [0.4, 0.5) is 5.82 Å². The molecule has 1 aromatic carbocycles. The highest BCUT2D eigenvalue weighted by Gasteiger charge is 2.24. The van der Waals surface area contributed by atoms with Gasteiger partial charge < -0.3 is 5.32 Å². The number of aromatic amines is 1. The minimum atomic E-state index is 0.00285. The van der Waals surface area contributed by atoms with E-state index in [1.807, 2.05) is 48.6 Å². The summed E-state index contributed by atoms with van der Waals surface area (Å²) in [5.74, 6) is 0.757. The summed E-state index contributed by atoms with van der Waals surface area (Å²) in [5, 5.41) is 10.3. The number of benzene rings is 1. The molecule has 2 N–H and O–H groups in total. The molecule has 3 rings (SSSR count). The van der Waals surface area contributed by atoms with Crippen molar-refractivity contribution in [2.45, 2.75) is 12.3 Å². The van der Waals surface area contributed by atoms with Crippen molar-refractivity contribution < 1.29 is 4.79 Å². The second-order valence-corrected chi connectivity index (χ2v) is 5.29. The molecule has 21 heavy (non-hydrogen) atoms. The van der Waals surface area contributed by atoms with E-state index in [0.717, 1.165) is 16.1 Å². The number of allylic oxidation sites excluding steroid dienone is 3. The zero-order valence-electron chi connectivity index (χ0n) is 11.2. The maximum Gasteiger partial charge on any atom is 0.226 e. The molecular weight excluding hydrogens is 286 g/mol. The van der Waals surface area contributed by atoms with E-state index < -0.39 is 0 Å². The Morgan fingerprint density at radius 2 is 2.05 bits per heavy atom. The van der Waals surface area contributed by atoms with Crippen molar-refractivity contribution in [3.63, 3.8) is 0 Å². The molecule has 0 unspecified atom stereocenters. The van der Waals surface area contributed by atoms with Gasteiger partial charge in [0.05, 0.1) is 6.20 Å². The first-order chi connectivity index (χ1) is 10.2. The molecule has 1 aliphatic rings. The molecule has 1 amide bonds. The molecule has 106 valence electrons. The van der Waals surface area contributed by atoms with Gasteiger partial charge in [0.15, 0.2) is 0 Å². The van der Waals surface area contributed by atoms with Crippen molar-refractivity contribution in [2.24, 2.45) is 0 Å². The first-order valence-electron chi connectivity index (χ1n) is 6.66. The van der Waals surface area contributed by atoms with Crippen LogP contribution in [-0.4, -0.2) is 16.1 Å². The summed E-state index contributed by atoms with van der Waals surface area (Å²) in [6.45, 7) is 0. The van der Waals surface area contributed by atoms with Gasteiger partial charge in [-0.2, -0.15) is 5.10 Å². The summed E-state index contributed by atoms with van der Waals surface area (Å²) in [6.07, 6.45) is 10.1. The minimum absolute atomic E-state index is 0.00285. The largest absolute Gasteiger partial charge is 0.311 e. The predicted molar refractivity (Wildman–Crippen MR) is 84.2 cm³/mol. The Morgan fingerprint density at radius 3 is 2.86 bits per heavy atom. The molecule has 0 aliphatic carbocycles. The Morgan fingerprint density at radius 1 is 1.24 bits per heavy atom. The Balaban J connectivity index is 1.69. The van der Waals surface area contributed by atoms with Gasteiger partial charge in [0, 0.05) is 22.9 Å². The molecule has 1 atom stereocenters. The molecule has 1 aliphatic heterocycles. The molecular formula is C16H14ClN3O. The highest BCUT2D eigenvalue weighted by Crippen LogP contribution is 2.31. The lowest BCUT2D eigenvalue weighted by atomic mass is 9.94. The van der Waals surface area contributed by atoms with Crippen LogP contribution in [0.2, 0.25) is 5.02 Å². The summed E-state index contributed by atoms with van der Waals surface area (Å²) in [6, 6.07) is 7.62. The van der Waals surface area contributed by atoms with Crippen molar-refractivity contribution in [1.82, 2.24) is 10.2 Å². The molecule has 0 fully saturated rings. The van der Waals surface area contributed by atoms with Gasteiger partial charge in [0.25, 0.3) is 0 Å². The molecule has 0 spiro atoms. The van der Waals surface area contributed by atoms with E-state index in [9.17, 15) is 4.79 Å². The zero-order chi connectivity index (χ0) is 14.7. The number of nitrogens with one attached hydrogen (secondary N) is 2. The lowest BCUT2D eigenvalue weighted by Gasteiger charge is -2.18. The Hall–Kier alpha value is -2.33. The van der Waals surface area contributed by atoms with E-state index in [0.29, 0.717) is 12.2 Å². The number of rotatable bonds is 3. The number of aromatic nitrogens is 2. The van der Waals surface area contributed by atoms with Crippen molar-refractivity contribution in [3.05, 3.63) is 64.8 Å². The predicted octanol–water partition coefficient (Wildman–Crippen LogP) is 3.76. The van der Waals surface area contributed by atoms with Crippen molar-refractivity contribution >= 4 is 29.4 Å². The summed E-state index contributed by atoms with van der Waals surface area (Å²) in [7, 11) is 0. The normalized spacial score (nSPS) is 18.1. The van der Waals surface area contributed by atoms with Crippen LogP contribution in [0.3, 0.4) is 0 Å². The van der Waals surface area contributed by atoms with Crippen LogP contribution < -0.4 is 5.32 Å². The number of carbonyl (C=O) groups excluding carboxylic acids is 1. The van der Waals surface area contributed by atoms with E-state index in [4.69, 9.17) is 11.6 Å². The van der Waals surface area contributed by atoms with Gasteiger partial charge in [-0.1, -0.05) is 48.0 Å². The fourth-order valence-electron chi connectivity index (χ4n) is 2.29. The average molecular weight is 300 g/mol. The fourth-order valence-corrected chi connectivity index (χ4v) is 2.41. The number of nitrogens with zero attached hydrogens (tertiary/aromatic N) is 1. The highest BCUT2D eigenvalue weighted by molar-refractivity contribution is 6.30. The second-order valence-electron chi connectivity index (χ2n) is 4.85. The maximum atomic E-state index is 11.6. The van der Waals surface area contributed by atoms with Crippen LogP contribution in [0.5, 0.6) is 0 Å². The van der Waals surface area contributed by atoms with E-state index in [1.54, 1.807) is 6.20 Å². The summed E-state index contributed by atoms with van der Waals surface area (Å²) in [4.78, 5) is 11.6. The number of hydrogen-bond donors (Lipinski definition) is 2. The lowest BCUT2D eigenvalue weighted by Crippen LogP contribution is -2.21. The van der Waals surface area contributed by atoms with Gasteiger partial charge >= 0.3 is 0 Å². The zero-order valence-corrected chi connectivity index (χ0v) is 12.0. The van der Waals surface area contributed by atoms with Crippen LogP contribution in [-0.2, 0) is 4.79 Å². The van der Waals surface area contributed by atoms with Crippen molar-refractivity contribution in [3.8, 4) is 0 Å². The third kappa shape index (κ3) is 3.23. The van der Waals surface area contributed by atoms with Crippen LogP contribution in [0.15, 0.2) is 48.7 Å². The number of H-pyrrole nitrogens is 1. The first kappa shape index (κ1) is 13.6. The topological polar surface area (TPSA) is 57.8 Å². The minimum Gasteiger partial charge on any atom is -0.311 e. The van der Waals surface area contributed by atoms with Crippen molar-refractivity contribution in [2.75, 3.05) is 5.32 Å². The molecule has 2 aromatic rings. The molecule has 5 heteroatoms. The Kier molecular flexibility index (Phi) is 3.88. The number of halogens is 1. The lowest BCUT2D eigenvalue weighted by molar-refractivity contribution is -0.116. The second kappa shape index (κ2) is 5.97. The Bertz CT molecular complexity index is 701. The molecule has 0 saturated carbocycles. The van der Waals surface area contributed by atoms with Gasteiger partial charge in [-0.3, -0.25) is 9.89 Å². The maximum absolute atomic E-state index is 11.6. The van der Waals surface area contributed by atoms with Crippen molar-refractivity contribution in [1.29, 1.82) is 0 Å². The highest BCUT2D eigenvalue weighted by atomic mass is 35.5. The number of fused-ring (bicyclic) bond motifs is 1. The molecule has 0 radical (unpaired) electrons. The van der Waals surface area contributed by atoms with E-state index >= 15 is 0 Å². The number of anilines is 1. The van der Waals surface area contributed by atoms with Crippen LogP contribution in [0.25, 0.3) is 6.08 Å². The Labute approximate surface area is 127 Å². The molecule has 0 saturated heterocycles. The molecule has 2 heterocycles. The SMILES string of the molecule is O=C1C[C@@H](/C=C/C=C/c2ccc(Cl)cc2)c2cn[nH]c2N1. The number of amides is 1. The standard InChI is InChI=1S/C16H14ClN3O/c17-13-7-5-11(6-8-13)3-1-2-4-12-9-15(21)19-16-14(12)10-18-20-16/h1-8,10,12H,9H2,(H2,18,19,20,21)/b3-1+,4-2+/t12-/m1/s1. The monoisotopic (exact) mass is 299 g/mol. The van der Waals surface area contributed by atoms with E-state index in [2.05, 4.69) is 15.5 Å². The summed E-state index contributed by atoms with van der Waals surface area (Å²) in [5.41, 5.74) is 2.10. The van der Waals surface area contributed by atoms with Gasteiger partial charge in [0.1, 0.15) is 5.82 Å². The van der Waals surface area contributed by atoms with Gasteiger partial charge in [-0.25, -0.2) is 0 Å². The molecule has 4 nitrogen and oxygen atoms in total. The summed E-state index contributed by atoms with van der Waals surface area (Å²) < 4.78 is 0. The molecule has 0 bridgehead atoms. The van der Waals surface area contributed by atoms with Crippen LogP contribution in [0, 0.1) is 0 Å². The number of hydrogen-bond acceptors (Lipinski definition) is 2. The van der Waals surface area contributed by atoms with Gasteiger partial charge in [0.2, 0.25) is 5.91 Å². The first-order valence-corrected chi connectivity index (χ1v) is 7.04. The van der Waals surface area contributed by atoms with E-state index in [-0.39, 0.29) is 11.8 Å². The summed E-state index contributed by atoms with van der Waals surface area (Å²) >= 11 is 5.84. The third-order valence-electron chi connectivity index (χ3n) is 3.35.